The molecule has 0 saturated carbocycles. The highest BCUT2D eigenvalue weighted by molar-refractivity contribution is 4.84. The van der Waals surface area contributed by atoms with Crippen LogP contribution < -0.4 is 5.73 Å². The van der Waals surface area contributed by atoms with Crippen LogP contribution in [-0.2, 0) is 0 Å². The molecular weight excluding hydrogens is 90.1 g/mol. The zero-order chi connectivity index (χ0) is 5.70. The molecule has 0 atom stereocenters. The fraction of sp³-hybridized carbons (Fsp3) is 0.600. The first-order valence-electron chi connectivity index (χ1n) is 2.41. The van der Waals surface area contributed by atoms with Crippen LogP contribution in [0.1, 0.15) is 19.8 Å². The molecular formula is C5H11NO. The summed E-state index contributed by atoms with van der Waals surface area (Å²) in [6.07, 6.45) is 2.86. The predicted octanol–water partition coefficient (Wildman–Crippen LogP) is 1.14. The highest BCUT2D eigenvalue weighted by Gasteiger charge is 1.83. The molecule has 42 valence electrons. The van der Waals surface area contributed by atoms with Crippen LogP contribution in [0.2, 0.25) is 0 Å². The Labute approximate surface area is 43.6 Å². The largest absolute Gasteiger partial charge is 0.511 e. The molecule has 0 saturated heterocycles. The van der Waals surface area contributed by atoms with Crippen molar-refractivity contribution < 1.29 is 5.11 Å². The highest BCUT2D eigenvalue weighted by Crippen LogP contribution is 1.95. The molecule has 0 rings (SSSR count). The van der Waals surface area contributed by atoms with E-state index >= 15 is 0 Å². The number of nitrogens with two attached hydrogens (primary N) is 1. The maximum atomic E-state index is 8.59. The fourth-order valence-corrected chi connectivity index (χ4v) is 0.339. The minimum Gasteiger partial charge on any atom is -0.511 e. The van der Waals surface area contributed by atoms with E-state index in [0.29, 0.717) is 6.42 Å². The van der Waals surface area contributed by atoms with Crippen LogP contribution in [0.25, 0.3) is 0 Å². The first-order valence-corrected chi connectivity index (χ1v) is 2.41. The van der Waals surface area contributed by atoms with E-state index in [9.17, 15) is 0 Å². The lowest BCUT2D eigenvalue weighted by Crippen LogP contribution is -1.85. The topological polar surface area (TPSA) is 46.2 Å². The molecule has 0 radical (unpaired) electrons. The number of aliphatic hydroxyl groups is 1. The Morgan fingerprint density at radius 3 is 2.57 bits per heavy atom. The van der Waals surface area contributed by atoms with Gasteiger partial charge in [-0.15, -0.1) is 0 Å². The van der Waals surface area contributed by atoms with Crippen molar-refractivity contribution in [3.8, 4) is 0 Å². The molecule has 0 bridgehead atoms. The lowest BCUT2D eigenvalue weighted by Gasteiger charge is -1.89. The van der Waals surface area contributed by atoms with Crippen molar-refractivity contribution in [1.29, 1.82) is 0 Å². The third-order valence-corrected chi connectivity index (χ3v) is 0.699. The lowest BCUT2D eigenvalue weighted by atomic mass is 10.3. The average Bonchev–Trinajstić information content (AvgIpc) is 1.68. The molecule has 2 nitrogen and oxygen atoms in total. The van der Waals surface area contributed by atoms with E-state index < -0.39 is 0 Å². The Kier molecular flexibility index (Phi) is 3.19. The minimum absolute atomic E-state index is 0.280. The summed E-state index contributed by atoms with van der Waals surface area (Å²) in [5.41, 5.74) is 4.95. The monoisotopic (exact) mass is 101 g/mol. The molecule has 0 heterocycles. The van der Waals surface area contributed by atoms with Gasteiger partial charge in [0.25, 0.3) is 0 Å². The van der Waals surface area contributed by atoms with Gasteiger partial charge in [0.05, 0.1) is 0 Å². The molecule has 0 aromatic carbocycles. The molecule has 0 amide bonds. The molecule has 3 N–H and O–H groups in total. The van der Waals surface area contributed by atoms with Crippen LogP contribution >= 0.6 is 0 Å². The summed E-state index contributed by atoms with van der Waals surface area (Å²) in [6.45, 7) is 1.99. The summed E-state index contributed by atoms with van der Waals surface area (Å²) in [4.78, 5) is 0. The van der Waals surface area contributed by atoms with E-state index in [1.165, 1.54) is 6.20 Å². The van der Waals surface area contributed by atoms with Crippen LogP contribution in [0.3, 0.4) is 0 Å². The smallest absolute Gasteiger partial charge is 0.108 e. The molecule has 0 aromatic heterocycles. The highest BCUT2D eigenvalue weighted by atomic mass is 16.3. The molecule has 0 aliphatic rings. The zero-order valence-electron chi connectivity index (χ0n) is 4.52. The maximum absolute atomic E-state index is 8.59. The molecule has 0 spiro atoms. The summed E-state index contributed by atoms with van der Waals surface area (Å²) >= 11 is 0. The molecule has 0 fully saturated rings. The molecule has 7 heavy (non-hydrogen) atoms. The van der Waals surface area contributed by atoms with Crippen molar-refractivity contribution in [3.63, 3.8) is 0 Å². The van der Waals surface area contributed by atoms with Crippen molar-refractivity contribution in [2.45, 2.75) is 19.8 Å². The Balaban J connectivity index is 3.17. The van der Waals surface area contributed by atoms with Crippen molar-refractivity contribution in [1.82, 2.24) is 0 Å². The quantitative estimate of drug-likeness (QED) is 0.512. The summed E-state index contributed by atoms with van der Waals surface area (Å²) < 4.78 is 0. The number of hydrogen-bond donors (Lipinski definition) is 2. The van der Waals surface area contributed by atoms with Gasteiger partial charge < -0.3 is 10.8 Å². The van der Waals surface area contributed by atoms with Crippen molar-refractivity contribution in [2.75, 3.05) is 0 Å². The fourth-order valence-electron chi connectivity index (χ4n) is 0.339. The molecule has 0 aromatic rings. The Morgan fingerprint density at radius 1 is 1.86 bits per heavy atom. The predicted molar refractivity (Wildman–Crippen MR) is 29.8 cm³/mol. The summed E-state index contributed by atoms with van der Waals surface area (Å²) in [5, 5.41) is 8.59. The standard InChI is InChI=1S/C5H11NO/c1-2-3-5(7)4-6/h4,7H,2-3,6H2,1H3. The van der Waals surface area contributed by atoms with Gasteiger partial charge in [-0.2, -0.15) is 0 Å². The summed E-state index contributed by atoms with van der Waals surface area (Å²) in [7, 11) is 0. The number of aliphatic hydroxyl groups excluding tert-OH is 1. The first-order chi connectivity index (χ1) is 3.31. The maximum Gasteiger partial charge on any atom is 0.108 e. The van der Waals surface area contributed by atoms with Crippen molar-refractivity contribution >= 4 is 0 Å². The SMILES string of the molecule is CCCC(O)=CN. The third kappa shape index (κ3) is 3.16. The molecule has 0 aliphatic heterocycles. The van der Waals surface area contributed by atoms with E-state index in [1.54, 1.807) is 0 Å². The van der Waals surface area contributed by atoms with E-state index in [1.807, 2.05) is 6.92 Å². The van der Waals surface area contributed by atoms with E-state index in [4.69, 9.17) is 10.8 Å². The molecule has 0 unspecified atom stereocenters. The average molecular weight is 101 g/mol. The van der Waals surface area contributed by atoms with E-state index in [-0.39, 0.29) is 5.76 Å². The second-order valence-corrected chi connectivity index (χ2v) is 1.41. The van der Waals surface area contributed by atoms with Gasteiger partial charge in [-0.1, -0.05) is 6.92 Å². The van der Waals surface area contributed by atoms with Crippen LogP contribution in [0.4, 0.5) is 0 Å². The van der Waals surface area contributed by atoms with Crippen molar-refractivity contribution in [3.05, 3.63) is 12.0 Å². The second-order valence-electron chi connectivity index (χ2n) is 1.41. The van der Waals surface area contributed by atoms with Gasteiger partial charge in [0, 0.05) is 12.6 Å². The van der Waals surface area contributed by atoms with Gasteiger partial charge in [0.1, 0.15) is 5.76 Å². The lowest BCUT2D eigenvalue weighted by molar-refractivity contribution is 0.385. The Bertz CT molecular complexity index is 68.5. The second kappa shape index (κ2) is 3.53. The minimum atomic E-state index is 0.280. The number of rotatable bonds is 2. The van der Waals surface area contributed by atoms with Crippen LogP contribution in [0, 0.1) is 0 Å². The summed E-state index contributed by atoms with van der Waals surface area (Å²) in [5.74, 6) is 0.280. The van der Waals surface area contributed by atoms with E-state index in [2.05, 4.69) is 0 Å². The van der Waals surface area contributed by atoms with Gasteiger partial charge in [-0.05, 0) is 6.42 Å². The summed E-state index contributed by atoms with van der Waals surface area (Å²) in [6, 6.07) is 0. The Morgan fingerprint density at radius 2 is 2.43 bits per heavy atom. The van der Waals surface area contributed by atoms with E-state index in [0.717, 1.165) is 6.42 Å². The van der Waals surface area contributed by atoms with Gasteiger partial charge in [-0.3, -0.25) is 0 Å². The molecule has 0 aliphatic carbocycles. The van der Waals surface area contributed by atoms with Gasteiger partial charge in [0.15, 0.2) is 0 Å². The number of hydrogen-bond acceptors (Lipinski definition) is 2. The Hall–Kier alpha value is -0.660. The van der Waals surface area contributed by atoms with Gasteiger partial charge in [-0.25, -0.2) is 0 Å². The normalized spacial score (nSPS) is 11.9. The first kappa shape index (κ1) is 6.34. The van der Waals surface area contributed by atoms with Gasteiger partial charge in [0.2, 0.25) is 0 Å². The molecule has 2 heteroatoms. The van der Waals surface area contributed by atoms with Crippen LogP contribution in [-0.4, -0.2) is 5.11 Å². The van der Waals surface area contributed by atoms with Crippen LogP contribution in [0.15, 0.2) is 12.0 Å². The van der Waals surface area contributed by atoms with Gasteiger partial charge >= 0.3 is 0 Å². The zero-order valence-corrected chi connectivity index (χ0v) is 4.52. The number of allylic oxidation sites excluding steroid dienone is 1. The third-order valence-electron chi connectivity index (χ3n) is 0.699. The van der Waals surface area contributed by atoms with Crippen LogP contribution in [0.5, 0.6) is 0 Å². The van der Waals surface area contributed by atoms with Crippen molar-refractivity contribution in [2.24, 2.45) is 5.73 Å².